The smallest absolute Gasteiger partial charge is 0.295 e. The Kier molecular flexibility index (Phi) is 4.00. The van der Waals surface area contributed by atoms with Gasteiger partial charge >= 0.3 is 0 Å². The van der Waals surface area contributed by atoms with Gasteiger partial charge in [0.05, 0.1) is 11.9 Å². The average molecular weight is 342 g/mol. The predicted molar refractivity (Wildman–Crippen MR) is 91.3 cm³/mol. The zero-order chi connectivity index (χ0) is 17.3. The van der Waals surface area contributed by atoms with E-state index >= 15 is 0 Å². The molecule has 1 heterocycles. The van der Waals surface area contributed by atoms with Gasteiger partial charge in [-0.3, -0.25) is 9.54 Å². The van der Waals surface area contributed by atoms with Crippen LogP contribution < -0.4 is 5.73 Å². The summed E-state index contributed by atoms with van der Waals surface area (Å²) in [4.78, 5) is 3.71. The van der Waals surface area contributed by atoms with Crippen LogP contribution in [0, 0.1) is 6.92 Å². The average Bonchev–Trinajstić information content (AvgIpc) is 2.54. The summed E-state index contributed by atoms with van der Waals surface area (Å²) in [6.07, 6.45) is 3.18. The molecule has 3 aromatic rings. The van der Waals surface area contributed by atoms with Gasteiger partial charge in [-0.2, -0.15) is 8.42 Å². The van der Waals surface area contributed by atoms with Crippen LogP contribution in [0.3, 0.4) is 0 Å². The summed E-state index contributed by atoms with van der Waals surface area (Å²) in [5.41, 5.74) is 7.93. The number of azo groups is 1. The second-order valence-electron chi connectivity index (χ2n) is 5.19. The molecule has 0 bridgehead atoms. The van der Waals surface area contributed by atoms with Crippen molar-refractivity contribution in [2.45, 2.75) is 11.8 Å². The maximum atomic E-state index is 11.7. The number of aryl methyl sites for hydroxylation is 1. The normalized spacial score (nSPS) is 12.1. The first-order valence-electron chi connectivity index (χ1n) is 6.99. The molecular formula is C16H14N4O3S. The molecule has 3 rings (SSSR count). The number of nitrogens with zero attached hydrogens (tertiary/aromatic N) is 3. The van der Waals surface area contributed by atoms with E-state index < -0.39 is 10.1 Å². The Labute approximate surface area is 138 Å². The van der Waals surface area contributed by atoms with Crippen molar-refractivity contribution in [3.63, 3.8) is 0 Å². The molecule has 122 valence electrons. The third kappa shape index (κ3) is 2.97. The van der Waals surface area contributed by atoms with Crippen molar-refractivity contribution in [2.24, 2.45) is 10.2 Å². The van der Waals surface area contributed by atoms with E-state index in [4.69, 9.17) is 5.73 Å². The first-order valence-corrected chi connectivity index (χ1v) is 8.43. The molecule has 3 N–H and O–H groups in total. The lowest BCUT2D eigenvalue weighted by Crippen LogP contribution is -2.01. The molecule has 0 unspecified atom stereocenters. The monoisotopic (exact) mass is 342 g/mol. The molecule has 1 aromatic heterocycles. The minimum atomic E-state index is -4.43. The Morgan fingerprint density at radius 2 is 1.75 bits per heavy atom. The molecule has 0 fully saturated rings. The van der Waals surface area contributed by atoms with Crippen LogP contribution in [0.4, 0.5) is 17.1 Å². The number of nitrogen functional groups attached to an aromatic ring is 1. The third-order valence-electron chi connectivity index (χ3n) is 3.58. The van der Waals surface area contributed by atoms with E-state index in [1.807, 2.05) is 6.92 Å². The van der Waals surface area contributed by atoms with Crippen LogP contribution in [0.2, 0.25) is 0 Å². The van der Waals surface area contributed by atoms with Gasteiger partial charge in [0.1, 0.15) is 16.3 Å². The molecule has 0 atom stereocenters. The lowest BCUT2D eigenvalue weighted by molar-refractivity contribution is 0.484. The number of nitrogens with two attached hydrogens (primary N) is 1. The summed E-state index contributed by atoms with van der Waals surface area (Å²) in [6, 6.07) is 9.61. The fourth-order valence-electron chi connectivity index (χ4n) is 2.31. The largest absolute Gasteiger partial charge is 0.396 e. The molecule has 0 aliphatic rings. The van der Waals surface area contributed by atoms with Crippen molar-refractivity contribution < 1.29 is 13.0 Å². The number of hydrogen-bond acceptors (Lipinski definition) is 6. The fraction of sp³-hybridized carbons (Fsp3) is 0.0625. The molecule has 0 radical (unpaired) electrons. The van der Waals surface area contributed by atoms with Crippen LogP contribution in [-0.2, 0) is 10.1 Å². The molecule has 0 amide bonds. The van der Waals surface area contributed by atoms with Crippen molar-refractivity contribution in [2.75, 3.05) is 5.73 Å². The third-order valence-corrected chi connectivity index (χ3v) is 4.47. The van der Waals surface area contributed by atoms with Crippen LogP contribution in [0.25, 0.3) is 10.8 Å². The van der Waals surface area contributed by atoms with E-state index in [1.54, 1.807) is 42.7 Å². The van der Waals surface area contributed by atoms with Gasteiger partial charge in [0.25, 0.3) is 10.1 Å². The van der Waals surface area contributed by atoms with Crippen LogP contribution in [0.1, 0.15) is 5.56 Å². The van der Waals surface area contributed by atoms with E-state index in [0.29, 0.717) is 16.5 Å². The van der Waals surface area contributed by atoms with Crippen molar-refractivity contribution in [1.29, 1.82) is 0 Å². The maximum Gasteiger partial charge on any atom is 0.295 e. The van der Waals surface area contributed by atoms with Crippen LogP contribution >= 0.6 is 0 Å². The van der Waals surface area contributed by atoms with Gasteiger partial charge in [0.2, 0.25) is 0 Å². The number of pyridine rings is 1. The highest BCUT2D eigenvalue weighted by atomic mass is 32.2. The van der Waals surface area contributed by atoms with Gasteiger partial charge in [-0.15, -0.1) is 10.2 Å². The number of anilines is 1. The topological polar surface area (TPSA) is 118 Å². The summed E-state index contributed by atoms with van der Waals surface area (Å²) in [5, 5.41) is 8.92. The van der Waals surface area contributed by atoms with Crippen molar-refractivity contribution in [1.82, 2.24) is 4.98 Å². The Morgan fingerprint density at radius 3 is 2.42 bits per heavy atom. The van der Waals surface area contributed by atoms with Gasteiger partial charge in [-0.05, 0) is 24.6 Å². The number of hydrogen-bond donors (Lipinski definition) is 2. The number of aromatic nitrogens is 1. The van der Waals surface area contributed by atoms with E-state index in [1.165, 1.54) is 6.07 Å². The van der Waals surface area contributed by atoms with E-state index in [-0.39, 0.29) is 16.3 Å². The van der Waals surface area contributed by atoms with Gasteiger partial charge in [-0.25, -0.2) is 0 Å². The molecule has 0 saturated carbocycles. The minimum Gasteiger partial charge on any atom is -0.396 e. The quantitative estimate of drug-likeness (QED) is 0.426. The fourth-order valence-corrected chi connectivity index (χ4v) is 3.03. The first kappa shape index (κ1) is 16.0. The zero-order valence-electron chi connectivity index (χ0n) is 12.7. The highest BCUT2D eigenvalue weighted by Gasteiger charge is 2.18. The molecule has 8 heteroatoms. The number of fused-ring (bicyclic) bond motifs is 1. The van der Waals surface area contributed by atoms with Crippen molar-refractivity contribution >= 4 is 38.0 Å². The summed E-state index contributed by atoms with van der Waals surface area (Å²) < 4.78 is 32.8. The summed E-state index contributed by atoms with van der Waals surface area (Å²) in [5.74, 6) is 0. The van der Waals surface area contributed by atoms with Crippen molar-refractivity contribution in [3.05, 3.63) is 54.4 Å². The van der Waals surface area contributed by atoms with Crippen molar-refractivity contribution in [3.8, 4) is 0 Å². The summed E-state index contributed by atoms with van der Waals surface area (Å²) in [6.45, 7) is 1.85. The summed E-state index contributed by atoms with van der Waals surface area (Å²) in [7, 11) is -4.43. The van der Waals surface area contributed by atoms with E-state index in [9.17, 15) is 13.0 Å². The second-order valence-corrected chi connectivity index (χ2v) is 6.58. The highest BCUT2D eigenvalue weighted by molar-refractivity contribution is 7.86. The maximum absolute atomic E-state index is 11.7. The Morgan fingerprint density at radius 1 is 1.08 bits per heavy atom. The first-order chi connectivity index (χ1) is 11.4. The standard InChI is InChI=1S/C16H14N4O3S/c1-10-6-7-18-9-14(10)20-19-13-8-15(24(21,22)23)11-4-2-3-5-12(11)16(13)17/h2-9H,17H2,1H3,(H,21,22,23)/b20-19+. The molecule has 2 aromatic carbocycles. The van der Waals surface area contributed by atoms with Gasteiger partial charge in [0.15, 0.2) is 0 Å². The van der Waals surface area contributed by atoms with Gasteiger partial charge in [0, 0.05) is 17.0 Å². The van der Waals surface area contributed by atoms with E-state index in [2.05, 4.69) is 15.2 Å². The predicted octanol–water partition coefficient (Wildman–Crippen LogP) is 3.79. The van der Waals surface area contributed by atoms with Gasteiger partial charge < -0.3 is 5.73 Å². The molecule has 7 nitrogen and oxygen atoms in total. The Bertz CT molecular complexity index is 1060. The minimum absolute atomic E-state index is 0.157. The van der Waals surface area contributed by atoms with E-state index in [0.717, 1.165) is 5.56 Å². The number of rotatable bonds is 3. The Hall–Kier alpha value is -2.84. The molecule has 0 aliphatic carbocycles. The number of benzene rings is 2. The van der Waals surface area contributed by atoms with Crippen LogP contribution in [0.15, 0.2) is 63.9 Å². The lowest BCUT2D eigenvalue weighted by atomic mass is 10.1. The zero-order valence-corrected chi connectivity index (χ0v) is 13.5. The molecule has 0 spiro atoms. The lowest BCUT2D eigenvalue weighted by Gasteiger charge is -2.09. The molecule has 24 heavy (non-hydrogen) atoms. The second kappa shape index (κ2) is 5.99. The SMILES string of the molecule is Cc1ccncc1/N=N/c1cc(S(=O)(=O)O)c2ccccc2c1N. The molecule has 0 aliphatic heterocycles. The van der Waals surface area contributed by atoms with Crippen LogP contribution in [0.5, 0.6) is 0 Å². The summed E-state index contributed by atoms with van der Waals surface area (Å²) >= 11 is 0. The molecular weight excluding hydrogens is 328 g/mol. The van der Waals surface area contributed by atoms with Gasteiger partial charge in [-0.1, -0.05) is 24.3 Å². The highest BCUT2D eigenvalue weighted by Crippen LogP contribution is 2.36. The van der Waals surface area contributed by atoms with Crippen LogP contribution in [-0.4, -0.2) is 18.0 Å². The molecule has 0 saturated heterocycles. The Balaban J connectivity index is 2.22.